The molecule has 0 aliphatic carbocycles. The van der Waals surface area contributed by atoms with Gasteiger partial charge in [-0.15, -0.1) is 0 Å². The van der Waals surface area contributed by atoms with Gasteiger partial charge in [-0.3, -0.25) is 4.79 Å². The average molecular weight is 277 g/mol. The zero-order chi connectivity index (χ0) is 14.7. The zero-order valence-electron chi connectivity index (χ0n) is 11.8. The number of aryl methyl sites for hydroxylation is 1. The van der Waals surface area contributed by atoms with Crippen LogP contribution >= 0.6 is 0 Å². The molecule has 0 spiro atoms. The minimum absolute atomic E-state index is 0.199. The van der Waals surface area contributed by atoms with Crippen molar-refractivity contribution in [3.05, 3.63) is 29.3 Å². The third kappa shape index (κ3) is 3.01. The molecule has 1 saturated heterocycles. The lowest BCUT2D eigenvalue weighted by atomic mass is 10.0. The third-order valence-corrected chi connectivity index (χ3v) is 3.30. The van der Waals surface area contributed by atoms with Gasteiger partial charge in [-0.1, -0.05) is 17.7 Å². The van der Waals surface area contributed by atoms with Crippen LogP contribution in [0.5, 0.6) is 5.75 Å². The predicted octanol–water partition coefficient (Wildman–Crippen LogP) is 0.862. The van der Waals surface area contributed by atoms with Crippen molar-refractivity contribution < 1.29 is 14.3 Å². The molecule has 2 atom stereocenters. The molecule has 0 unspecified atom stereocenters. The van der Waals surface area contributed by atoms with Crippen molar-refractivity contribution in [2.24, 2.45) is 0 Å². The normalized spacial score (nSPS) is 18.9. The highest BCUT2D eigenvalue weighted by Crippen LogP contribution is 2.26. The lowest BCUT2D eigenvalue weighted by Crippen LogP contribution is -2.43. The average Bonchev–Trinajstić information content (AvgIpc) is 2.85. The second-order valence-electron chi connectivity index (χ2n) is 4.88. The quantitative estimate of drug-likeness (QED) is 0.763. The minimum Gasteiger partial charge on any atom is -0.496 e. The Balaban J connectivity index is 2.08. The predicted molar refractivity (Wildman–Crippen MR) is 74.6 cm³/mol. The van der Waals surface area contributed by atoms with Crippen LogP contribution in [0.15, 0.2) is 18.2 Å². The molecule has 6 nitrogen and oxygen atoms in total. The Bertz CT molecular complexity index is 530. The van der Waals surface area contributed by atoms with E-state index in [0.717, 1.165) is 16.9 Å². The summed E-state index contributed by atoms with van der Waals surface area (Å²) >= 11 is 0. The van der Waals surface area contributed by atoms with Gasteiger partial charge >= 0.3 is 6.03 Å². The van der Waals surface area contributed by atoms with Crippen molar-refractivity contribution in [2.45, 2.75) is 25.9 Å². The maximum Gasteiger partial charge on any atom is 0.315 e. The Labute approximate surface area is 117 Å². The van der Waals surface area contributed by atoms with Gasteiger partial charge in [0, 0.05) is 12.1 Å². The fourth-order valence-electron chi connectivity index (χ4n) is 2.20. The van der Waals surface area contributed by atoms with E-state index in [-0.39, 0.29) is 18.0 Å². The molecule has 0 saturated carbocycles. The van der Waals surface area contributed by atoms with Crippen molar-refractivity contribution in [1.29, 1.82) is 0 Å². The smallest absolute Gasteiger partial charge is 0.315 e. The number of carbonyl (C=O) groups excluding carboxylic acids is 2. The summed E-state index contributed by atoms with van der Waals surface area (Å²) in [4.78, 5) is 23.1. The first-order valence-corrected chi connectivity index (χ1v) is 6.50. The molecule has 0 bridgehead atoms. The highest BCUT2D eigenvalue weighted by molar-refractivity contribution is 5.90. The molecule has 1 aromatic carbocycles. The van der Waals surface area contributed by atoms with Crippen LogP contribution in [0.3, 0.4) is 0 Å². The number of benzene rings is 1. The first kappa shape index (κ1) is 14.2. The second-order valence-corrected chi connectivity index (χ2v) is 4.88. The molecule has 1 aliphatic rings. The molecule has 20 heavy (non-hydrogen) atoms. The first-order valence-electron chi connectivity index (χ1n) is 6.50. The summed E-state index contributed by atoms with van der Waals surface area (Å²) in [6.07, 6.45) is 0. The Kier molecular flexibility index (Phi) is 4.12. The van der Waals surface area contributed by atoms with Crippen molar-refractivity contribution in [3.8, 4) is 5.75 Å². The summed E-state index contributed by atoms with van der Waals surface area (Å²) in [7, 11) is 1.60. The lowest BCUT2D eigenvalue weighted by molar-refractivity contribution is -0.123. The number of nitrogens with one attached hydrogen (secondary N) is 3. The van der Waals surface area contributed by atoms with Crippen molar-refractivity contribution in [2.75, 3.05) is 13.7 Å². The summed E-state index contributed by atoms with van der Waals surface area (Å²) in [5, 5.41) is 8.00. The summed E-state index contributed by atoms with van der Waals surface area (Å²) in [6.45, 7) is 4.18. The van der Waals surface area contributed by atoms with Gasteiger partial charge in [-0.05, 0) is 19.9 Å². The number of amides is 3. The number of urea groups is 1. The molecule has 1 aliphatic heterocycles. The van der Waals surface area contributed by atoms with Gasteiger partial charge in [0.05, 0.1) is 13.2 Å². The van der Waals surface area contributed by atoms with E-state index >= 15 is 0 Å². The van der Waals surface area contributed by atoms with E-state index in [9.17, 15) is 9.59 Å². The molecule has 0 radical (unpaired) electrons. The summed E-state index contributed by atoms with van der Waals surface area (Å²) in [5.41, 5.74) is 2.01. The van der Waals surface area contributed by atoms with E-state index in [1.54, 1.807) is 7.11 Å². The molecule has 3 N–H and O–H groups in total. The standard InChI is InChI=1S/C14H19N3O3/c1-8-4-5-12(20-3)10(6-8)9(2)16-13(18)11-7-15-14(19)17-11/h4-6,9,11H,7H2,1-3H3,(H,16,18)(H2,15,17,19)/t9-,11-/m0/s1. The summed E-state index contributed by atoms with van der Waals surface area (Å²) < 4.78 is 5.31. The van der Waals surface area contributed by atoms with Crippen LogP contribution in [0.2, 0.25) is 0 Å². The number of hydrogen-bond acceptors (Lipinski definition) is 3. The highest BCUT2D eigenvalue weighted by Gasteiger charge is 2.28. The number of carbonyl (C=O) groups is 2. The summed E-state index contributed by atoms with van der Waals surface area (Å²) in [6, 6.07) is 4.78. The lowest BCUT2D eigenvalue weighted by Gasteiger charge is -2.19. The maximum atomic E-state index is 12.1. The molecular weight excluding hydrogens is 258 g/mol. The van der Waals surface area contributed by atoms with Gasteiger partial charge < -0.3 is 20.7 Å². The zero-order valence-corrected chi connectivity index (χ0v) is 11.8. The van der Waals surface area contributed by atoms with Gasteiger partial charge in [0.25, 0.3) is 0 Å². The topological polar surface area (TPSA) is 79.5 Å². The molecule has 6 heteroatoms. The van der Waals surface area contributed by atoms with Gasteiger partial charge in [0.1, 0.15) is 11.8 Å². The Hall–Kier alpha value is -2.24. The summed E-state index contributed by atoms with van der Waals surface area (Å²) in [5.74, 6) is 0.524. The van der Waals surface area contributed by atoms with E-state index in [2.05, 4.69) is 16.0 Å². The Morgan fingerprint density at radius 3 is 2.85 bits per heavy atom. The molecule has 108 valence electrons. The number of rotatable bonds is 4. The van der Waals surface area contributed by atoms with E-state index in [4.69, 9.17) is 4.74 Å². The maximum absolute atomic E-state index is 12.1. The number of ether oxygens (including phenoxy) is 1. The van der Waals surface area contributed by atoms with Gasteiger partial charge in [0.2, 0.25) is 5.91 Å². The van der Waals surface area contributed by atoms with E-state index < -0.39 is 6.04 Å². The first-order chi connectivity index (χ1) is 9.51. The SMILES string of the molecule is COc1ccc(C)cc1[C@H](C)NC(=O)[C@@H]1CNC(=O)N1. The van der Waals surface area contributed by atoms with Crippen LogP contribution in [0.1, 0.15) is 24.1 Å². The molecule has 2 rings (SSSR count). The molecular formula is C14H19N3O3. The van der Waals surface area contributed by atoms with Crippen molar-refractivity contribution in [3.63, 3.8) is 0 Å². The van der Waals surface area contributed by atoms with E-state index in [1.165, 1.54) is 0 Å². The largest absolute Gasteiger partial charge is 0.496 e. The number of hydrogen-bond donors (Lipinski definition) is 3. The van der Waals surface area contributed by atoms with Crippen LogP contribution in [-0.4, -0.2) is 31.6 Å². The van der Waals surface area contributed by atoms with Crippen LogP contribution in [-0.2, 0) is 4.79 Å². The second kappa shape index (κ2) is 5.81. The van der Waals surface area contributed by atoms with Crippen LogP contribution in [0, 0.1) is 6.92 Å². The number of methoxy groups -OCH3 is 1. The van der Waals surface area contributed by atoms with Crippen LogP contribution < -0.4 is 20.7 Å². The Morgan fingerprint density at radius 2 is 2.25 bits per heavy atom. The van der Waals surface area contributed by atoms with Gasteiger partial charge in [-0.2, -0.15) is 0 Å². The van der Waals surface area contributed by atoms with Gasteiger partial charge in [0.15, 0.2) is 0 Å². The molecule has 1 heterocycles. The highest BCUT2D eigenvalue weighted by atomic mass is 16.5. The molecule has 1 fully saturated rings. The molecule has 0 aromatic heterocycles. The monoisotopic (exact) mass is 277 g/mol. The van der Waals surface area contributed by atoms with Crippen LogP contribution in [0.25, 0.3) is 0 Å². The fraction of sp³-hybridized carbons (Fsp3) is 0.429. The Morgan fingerprint density at radius 1 is 1.50 bits per heavy atom. The molecule has 1 aromatic rings. The van der Waals surface area contributed by atoms with Gasteiger partial charge in [-0.25, -0.2) is 4.79 Å². The third-order valence-electron chi connectivity index (χ3n) is 3.30. The fourth-order valence-corrected chi connectivity index (χ4v) is 2.20. The van der Waals surface area contributed by atoms with Crippen molar-refractivity contribution in [1.82, 2.24) is 16.0 Å². The minimum atomic E-state index is -0.527. The van der Waals surface area contributed by atoms with E-state index in [1.807, 2.05) is 32.0 Å². The molecule has 3 amide bonds. The van der Waals surface area contributed by atoms with Crippen molar-refractivity contribution >= 4 is 11.9 Å². The van der Waals surface area contributed by atoms with E-state index in [0.29, 0.717) is 6.54 Å². The van der Waals surface area contributed by atoms with Crippen LogP contribution in [0.4, 0.5) is 4.79 Å².